The molecule has 0 amide bonds. The van der Waals surface area contributed by atoms with Gasteiger partial charge in [-0.2, -0.15) is 0 Å². The zero-order valence-corrected chi connectivity index (χ0v) is 38.0. The maximum absolute atomic E-state index is 13.0. The zero-order chi connectivity index (χ0) is 43.3. The van der Waals surface area contributed by atoms with E-state index in [1.165, 1.54) is 6.42 Å². The zero-order valence-electron chi connectivity index (χ0n) is 38.0. The topological polar surface area (TPSA) is 146 Å². The molecule has 3 rings (SSSR count). The van der Waals surface area contributed by atoms with Crippen molar-refractivity contribution in [3.8, 4) is 0 Å². The van der Waals surface area contributed by atoms with Crippen LogP contribution in [0.3, 0.4) is 0 Å². The molecule has 7 N–H and O–H groups in total. The Bertz CT molecular complexity index is 1370. The number of aliphatic hydroxyl groups excluding tert-OH is 1. The minimum Gasteiger partial charge on any atom is -0.440 e. The first-order valence-corrected chi connectivity index (χ1v) is 23.4. The van der Waals surface area contributed by atoms with Crippen molar-refractivity contribution >= 4 is 6.29 Å². The molecule has 1 aliphatic carbocycles. The summed E-state index contributed by atoms with van der Waals surface area (Å²) in [6.07, 6.45) is 35.6. The normalized spacial score (nSPS) is 28.4. The molecule has 336 valence electrons. The average molecular weight is 823 g/mol. The highest BCUT2D eigenvalue weighted by molar-refractivity contribution is 5.61. The molecule has 0 aromatic heterocycles. The molecule has 0 aromatic rings. The Morgan fingerprint density at radius 2 is 1.86 bits per heavy atom. The molecule has 1 saturated carbocycles. The van der Waals surface area contributed by atoms with Crippen LogP contribution in [0.2, 0.25) is 0 Å². The average Bonchev–Trinajstić information content (AvgIpc) is 3.19. The maximum atomic E-state index is 13.0. The number of aliphatic hydroxyl groups is 1. The van der Waals surface area contributed by atoms with Gasteiger partial charge in [-0.25, -0.2) is 0 Å². The fourth-order valence-electron chi connectivity index (χ4n) is 9.20. The predicted molar refractivity (Wildman–Crippen MR) is 245 cm³/mol. The first-order chi connectivity index (χ1) is 28.2. The highest BCUT2D eigenvalue weighted by atomic mass is 16.7. The second kappa shape index (κ2) is 25.9. The Balaban J connectivity index is 1.62. The Hall–Kier alpha value is -2.69. The standard InChI is InChI=1S/C50H86N4O5/c1-8-18-39(3)26-30-48(7,53)31-28-46(25-24-43(19-9-2)21-17-34-55)57-35-29-45-22-15-16-33-54(45)42(6)58-50(38-56)40(4)27-32-49(59-50)36-44(37-49)47(52)23-14-12-10-11-13-20-41(5)51/h8,10-12,14,23,26,30,38-41,43-46,55H,1,6,9,13,15-22,24-25,27-29,31-37,51-53H2,2-5,7H3/b11-10+,14-12+,30-26+,47-23-/t39?,40-,41?,43?,44?,45+,46?,48-,49?,50+/m1/s1. The molecular formula is C50H86N4O5. The Kier molecular flexibility index (Phi) is 22.3. The summed E-state index contributed by atoms with van der Waals surface area (Å²) in [5.41, 5.74) is 19.1. The number of ether oxygens (including phenoxy) is 3. The van der Waals surface area contributed by atoms with Crippen LogP contribution in [0.1, 0.15) is 157 Å². The molecule has 59 heavy (non-hydrogen) atoms. The van der Waals surface area contributed by atoms with Gasteiger partial charge < -0.3 is 41.4 Å². The van der Waals surface area contributed by atoms with E-state index in [-0.39, 0.29) is 36.6 Å². The number of piperidine rings is 1. The van der Waals surface area contributed by atoms with E-state index >= 15 is 0 Å². The van der Waals surface area contributed by atoms with E-state index in [0.717, 1.165) is 134 Å². The number of allylic oxidation sites excluding steroid dienone is 8. The summed E-state index contributed by atoms with van der Waals surface area (Å²) < 4.78 is 20.2. The maximum Gasteiger partial charge on any atom is 0.272 e. The number of likely N-dealkylation sites (tertiary alicyclic amines) is 1. The summed E-state index contributed by atoms with van der Waals surface area (Å²) >= 11 is 0. The van der Waals surface area contributed by atoms with Crippen molar-refractivity contribution in [3.05, 3.63) is 73.3 Å². The van der Waals surface area contributed by atoms with E-state index in [1.807, 2.05) is 44.2 Å². The Labute approximate surface area is 360 Å². The van der Waals surface area contributed by atoms with Crippen LogP contribution in [-0.4, -0.2) is 71.2 Å². The summed E-state index contributed by atoms with van der Waals surface area (Å²) in [6.45, 7) is 20.6. The summed E-state index contributed by atoms with van der Waals surface area (Å²) in [7, 11) is 0. The first kappa shape index (κ1) is 50.7. The molecule has 2 aliphatic heterocycles. The fraction of sp³-hybridized carbons (Fsp3) is 0.740. The Morgan fingerprint density at radius 3 is 2.56 bits per heavy atom. The third-order valence-corrected chi connectivity index (χ3v) is 13.1. The largest absolute Gasteiger partial charge is 0.440 e. The minimum absolute atomic E-state index is 0.103. The van der Waals surface area contributed by atoms with Gasteiger partial charge in [0.2, 0.25) is 0 Å². The molecule has 3 aliphatic rings. The van der Waals surface area contributed by atoms with Crippen molar-refractivity contribution in [2.24, 2.45) is 40.9 Å². The van der Waals surface area contributed by atoms with Gasteiger partial charge in [0.25, 0.3) is 5.79 Å². The SMILES string of the molecule is C=CCC(C)/C=C/[C@@](C)(N)CCC(CCC(CCC)CCCO)OCC[C@@H]1CCCCN1C(=C)O[C@@]1(C=O)OC2(CC[C@H]1C)CC(/C(N)=C/C=C/C=C/CCC(C)N)C2. The van der Waals surface area contributed by atoms with E-state index in [4.69, 9.17) is 31.4 Å². The van der Waals surface area contributed by atoms with Crippen molar-refractivity contribution in [1.82, 2.24) is 4.90 Å². The first-order valence-electron chi connectivity index (χ1n) is 23.4. The molecule has 0 bridgehead atoms. The van der Waals surface area contributed by atoms with Gasteiger partial charge >= 0.3 is 0 Å². The van der Waals surface area contributed by atoms with Gasteiger partial charge in [-0.1, -0.05) is 76.1 Å². The van der Waals surface area contributed by atoms with Crippen LogP contribution in [0.15, 0.2) is 73.3 Å². The monoisotopic (exact) mass is 823 g/mol. The quantitative estimate of drug-likeness (QED) is 0.0251. The van der Waals surface area contributed by atoms with Gasteiger partial charge in [0.1, 0.15) is 0 Å². The van der Waals surface area contributed by atoms with Crippen LogP contribution in [-0.2, 0) is 19.0 Å². The number of nitrogens with zero attached hydrogens (tertiary/aromatic N) is 1. The van der Waals surface area contributed by atoms with Gasteiger partial charge in [0.15, 0.2) is 12.2 Å². The number of aldehydes is 1. The van der Waals surface area contributed by atoms with E-state index in [2.05, 4.69) is 57.1 Å². The number of nitrogens with two attached hydrogens (primary N) is 3. The van der Waals surface area contributed by atoms with Crippen molar-refractivity contribution in [3.63, 3.8) is 0 Å². The molecule has 8 atom stereocenters. The number of hydrogen-bond donors (Lipinski definition) is 4. The molecule has 9 heteroatoms. The van der Waals surface area contributed by atoms with E-state index in [0.29, 0.717) is 24.3 Å². The molecule has 0 aromatic carbocycles. The molecule has 0 radical (unpaired) electrons. The molecule has 1 spiro atoms. The van der Waals surface area contributed by atoms with Gasteiger partial charge in [-0.15, -0.1) is 6.58 Å². The lowest BCUT2D eigenvalue weighted by atomic mass is 9.64. The van der Waals surface area contributed by atoms with Gasteiger partial charge in [-0.3, -0.25) is 4.79 Å². The number of hydrogen-bond acceptors (Lipinski definition) is 9. The lowest BCUT2D eigenvalue weighted by Crippen LogP contribution is -2.61. The molecule has 4 unspecified atom stereocenters. The van der Waals surface area contributed by atoms with Crippen LogP contribution in [0, 0.1) is 23.7 Å². The van der Waals surface area contributed by atoms with Crippen molar-refractivity contribution in [1.29, 1.82) is 0 Å². The third kappa shape index (κ3) is 17.3. The minimum atomic E-state index is -1.38. The van der Waals surface area contributed by atoms with Gasteiger partial charge in [0, 0.05) is 54.9 Å². The second-order valence-electron chi connectivity index (χ2n) is 18.8. The summed E-state index contributed by atoms with van der Waals surface area (Å²) in [5.74, 6) is 0.227. The molecule has 2 heterocycles. The van der Waals surface area contributed by atoms with E-state index in [9.17, 15) is 9.90 Å². The highest BCUT2D eigenvalue weighted by Crippen LogP contribution is 2.53. The molecule has 3 fully saturated rings. The summed E-state index contributed by atoms with van der Waals surface area (Å²) in [5, 5.41) is 9.51. The predicted octanol–water partition coefficient (Wildman–Crippen LogP) is 9.91. The van der Waals surface area contributed by atoms with Crippen molar-refractivity contribution in [2.75, 3.05) is 19.8 Å². The fourth-order valence-corrected chi connectivity index (χ4v) is 9.20. The lowest BCUT2D eigenvalue weighted by Gasteiger charge is -2.56. The van der Waals surface area contributed by atoms with Crippen LogP contribution in [0.4, 0.5) is 0 Å². The number of carbonyl (C=O) groups excluding carboxylic acids is 1. The highest BCUT2D eigenvalue weighted by Gasteiger charge is 2.57. The van der Waals surface area contributed by atoms with Crippen LogP contribution in [0.5, 0.6) is 0 Å². The van der Waals surface area contributed by atoms with Gasteiger partial charge in [-0.05, 0) is 147 Å². The number of carbonyl (C=O) groups is 1. The van der Waals surface area contributed by atoms with Crippen molar-refractivity contribution in [2.45, 2.75) is 192 Å². The Morgan fingerprint density at radius 1 is 1.08 bits per heavy atom. The van der Waals surface area contributed by atoms with Crippen molar-refractivity contribution < 1.29 is 24.1 Å². The van der Waals surface area contributed by atoms with Crippen LogP contribution < -0.4 is 17.2 Å². The number of rotatable bonds is 29. The summed E-state index contributed by atoms with van der Waals surface area (Å²) in [6, 6.07) is 0.408. The molecular weight excluding hydrogens is 737 g/mol. The third-order valence-electron chi connectivity index (χ3n) is 13.1. The smallest absolute Gasteiger partial charge is 0.272 e. The molecule has 9 nitrogen and oxygen atoms in total. The summed E-state index contributed by atoms with van der Waals surface area (Å²) in [4.78, 5) is 15.2. The van der Waals surface area contributed by atoms with E-state index < -0.39 is 16.9 Å². The van der Waals surface area contributed by atoms with Crippen LogP contribution >= 0.6 is 0 Å². The second-order valence-corrected chi connectivity index (χ2v) is 18.8. The van der Waals surface area contributed by atoms with Gasteiger partial charge in [0.05, 0.1) is 11.7 Å². The molecule has 2 saturated heterocycles. The lowest BCUT2D eigenvalue weighted by molar-refractivity contribution is -0.324. The van der Waals surface area contributed by atoms with E-state index in [1.54, 1.807) is 0 Å². The van der Waals surface area contributed by atoms with Crippen LogP contribution in [0.25, 0.3) is 0 Å².